The Morgan fingerprint density at radius 2 is 2.35 bits per heavy atom. The van der Waals surface area contributed by atoms with Crippen LogP contribution in [-0.2, 0) is 6.42 Å². The minimum atomic E-state index is -1.03. The van der Waals surface area contributed by atoms with E-state index in [0.717, 1.165) is 6.42 Å². The van der Waals surface area contributed by atoms with E-state index in [1.54, 1.807) is 0 Å². The Bertz CT molecular complexity index is 452. The number of carboxylic acid groups (broad SMARTS) is 1. The third kappa shape index (κ3) is 4.74. The van der Waals surface area contributed by atoms with Crippen molar-refractivity contribution in [1.29, 1.82) is 0 Å². The Labute approximate surface area is 98.9 Å². The number of aromatic carboxylic acids is 1. The van der Waals surface area contributed by atoms with Crippen molar-refractivity contribution in [2.24, 2.45) is 0 Å². The van der Waals surface area contributed by atoms with Gasteiger partial charge in [0.05, 0.1) is 0 Å². The molecule has 0 aliphatic carbocycles. The first kappa shape index (κ1) is 12.6. The summed E-state index contributed by atoms with van der Waals surface area (Å²) < 4.78 is 0. The molecule has 0 atom stereocenters. The van der Waals surface area contributed by atoms with E-state index in [9.17, 15) is 4.79 Å². The summed E-state index contributed by atoms with van der Waals surface area (Å²) >= 11 is 0. The molecule has 0 spiro atoms. The summed E-state index contributed by atoms with van der Waals surface area (Å²) in [4.78, 5) is 20.2. The number of hydrogen-bond donors (Lipinski definition) is 2. The van der Waals surface area contributed by atoms with Gasteiger partial charge in [-0.3, -0.25) is 0 Å². The fourth-order valence-corrected chi connectivity index (χ4v) is 1.07. The molecular formula is C12H13N3O2. The number of carboxylic acids is 1. The summed E-state index contributed by atoms with van der Waals surface area (Å²) in [5, 5.41) is 8.29. The highest BCUT2D eigenvalue weighted by atomic mass is 16.4. The summed E-state index contributed by atoms with van der Waals surface area (Å²) in [6.45, 7) is 3.62. The van der Waals surface area contributed by atoms with Crippen LogP contribution in [0, 0.1) is 0 Å². The Morgan fingerprint density at radius 3 is 2.76 bits per heavy atom. The van der Waals surface area contributed by atoms with Gasteiger partial charge < -0.3 is 10.1 Å². The Morgan fingerprint density at radius 1 is 1.53 bits per heavy atom. The summed E-state index contributed by atoms with van der Waals surface area (Å²) in [5.74, 6) is -1.03. The number of H-pyrrole nitrogens is 1. The molecule has 0 amide bonds. The maximum atomic E-state index is 10.1. The van der Waals surface area contributed by atoms with Crippen molar-refractivity contribution in [3.63, 3.8) is 0 Å². The summed E-state index contributed by atoms with van der Waals surface area (Å²) in [6.07, 6.45) is 7.32. The molecule has 0 aliphatic heterocycles. The molecule has 2 aromatic heterocycles. The van der Waals surface area contributed by atoms with Gasteiger partial charge in [-0.25, -0.2) is 14.8 Å². The van der Waals surface area contributed by atoms with Crippen molar-refractivity contribution in [2.75, 3.05) is 0 Å². The van der Waals surface area contributed by atoms with E-state index >= 15 is 0 Å². The monoisotopic (exact) mass is 231 g/mol. The number of hydrogen-bond acceptors (Lipinski definition) is 3. The van der Waals surface area contributed by atoms with Gasteiger partial charge in [-0.15, -0.1) is 6.58 Å². The standard InChI is InChI=1S/C7H9N.C5H4N2O2/c1-2-4-7-5-3-6-8-7;8-5(9)4-1-2-6-3-7-4/h2-3,5-6,8H,1,4H2;1-3H,(H,8,9). The molecule has 5 nitrogen and oxygen atoms in total. The third-order valence-corrected chi connectivity index (χ3v) is 1.83. The van der Waals surface area contributed by atoms with E-state index in [4.69, 9.17) is 5.11 Å². The molecule has 0 radical (unpaired) electrons. The maximum Gasteiger partial charge on any atom is 0.354 e. The number of nitrogens with zero attached hydrogens (tertiary/aromatic N) is 2. The van der Waals surface area contributed by atoms with Crippen molar-refractivity contribution in [3.05, 3.63) is 61.0 Å². The topological polar surface area (TPSA) is 78.9 Å². The quantitative estimate of drug-likeness (QED) is 0.791. The van der Waals surface area contributed by atoms with Crippen molar-refractivity contribution < 1.29 is 9.90 Å². The first-order valence-electron chi connectivity index (χ1n) is 4.96. The largest absolute Gasteiger partial charge is 0.477 e. The van der Waals surface area contributed by atoms with Gasteiger partial charge in [0, 0.05) is 24.5 Å². The number of aromatic amines is 1. The van der Waals surface area contributed by atoms with Gasteiger partial charge in [-0.05, 0) is 18.2 Å². The van der Waals surface area contributed by atoms with E-state index in [2.05, 4.69) is 21.5 Å². The Kier molecular flexibility index (Phi) is 5.16. The average Bonchev–Trinajstić information content (AvgIpc) is 2.84. The molecule has 2 heterocycles. The normalized spacial score (nSPS) is 8.94. The van der Waals surface area contributed by atoms with Crippen LogP contribution in [0.25, 0.3) is 0 Å². The molecule has 2 N–H and O–H groups in total. The average molecular weight is 231 g/mol. The highest BCUT2D eigenvalue weighted by molar-refractivity contribution is 5.84. The van der Waals surface area contributed by atoms with Gasteiger partial charge in [0.2, 0.25) is 0 Å². The van der Waals surface area contributed by atoms with Gasteiger partial charge in [0.1, 0.15) is 6.33 Å². The second kappa shape index (κ2) is 6.95. The van der Waals surface area contributed by atoms with E-state index in [1.165, 1.54) is 24.3 Å². The summed E-state index contributed by atoms with van der Waals surface area (Å²) in [5.41, 5.74) is 1.24. The number of carbonyl (C=O) groups is 1. The van der Waals surface area contributed by atoms with Gasteiger partial charge in [-0.2, -0.15) is 0 Å². The SMILES string of the molecule is C=CCc1ccc[nH]1.O=C(O)c1ccncn1. The van der Waals surface area contributed by atoms with E-state index in [1.807, 2.05) is 24.4 Å². The van der Waals surface area contributed by atoms with Gasteiger partial charge >= 0.3 is 5.97 Å². The second-order valence-electron chi connectivity index (χ2n) is 3.09. The molecule has 0 aromatic carbocycles. The zero-order valence-corrected chi connectivity index (χ0v) is 9.21. The fourth-order valence-electron chi connectivity index (χ4n) is 1.07. The van der Waals surface area contributed by atoms with E-state index in [0.29, 0.717) is 0 Å². The Balaban J connectivity index is 0.000000171. The highest BCUT2D eigenvalue weighted by Gasteiger charge is 1.99. The lowest BCUT2D eigenvalue weighted by Gasteiger charge is -1.86. The molecule has 0 fully saturated rings. The van der Waals surface area contributed by atoms with Crippen LogP contribution in [0.4, 0.5) is 0 Å². The predicted molar refractivity (Wildman–Crippen MR) is 63.7 cm³/mol. The smallest absolute Gasteiger partial charge is 0.354 e. The number of rotatable bonds is 3. The lowest BCUT2D eigenvalue weighted by Crippen LogP contribution is -1.98. The molecular weight excluding hydrogens is 218 g/mol. The molecule has 0 saturated carbocycles. The van der Waals surface area contributed by atoms with Crippen LogP contribution in [0.1, 0.15) is 16.2 Å². The molecule has 88 valence electrons. The lowest BCUT2D eigenvalue weighted by atomic mass is 10.3. The minimum absolute atomic E-state index is 0.0185. The van der Waals surface area contributed by atoms with Crippen molar-refractivity contribution in [1.82, 2.24) is 15.0 Å². The van der Waals surface area contributed by atoms with Gasteiger partial charge in [0.25, 0.3) is 0 Å². The molecule has 17 heavy (non-hydrogen) atoms. The number of nitrogens with one attached hydrogen (secondary N) is 1. The molecule has 0 unspecified atom stereocenters. The van der Waals surface area contributed by atoms with Crippen molar-refractivity contribution >= 4 is 5.97 Å². The minimum Gasteiger partial charge on any atom is -0.477 e. The second-order valence-corrected chi connectivity index (χ2v) is 3.09. The molecule has 2 rings (SSSR count). The van der Waals surface area contributed by atoms with E-state index < -0.39 is 5.97 Å². The first-order valence-corrected chi connectivity index (χ1v) is 4.96. The fraction of sp³-hybridized carbons (Fsp3) is 0.0833. The van der Waals surface area contributed by atoms with Gasteiger partial charge in [0.15, 0.2) is 5.69 Å². The van der Waals surface area contributed by atoms with Crippen LogP contribution in [0.15, 0.2) is 49.6 Å². The van der Waals surface area contributed by atoms with Crippen LogP contribution in [0.2, 0.25) is 0 Å². The Hall–Kier alpha value is -2.43. The number of allylic oxidation sites excluding steroid dienone is 1. The van der Waals surface area contributed by atoms with Crippen molar-refractivity contribution in [2.45, 2.75) is 6.42 Å². The molecule has 5 heteroatoms. The highest BCUT2D eigenvalue weighted by Crippen LogP contribution is 1.94. The number of aromatic nitrogens is 3. The molecule has 0 saturated heterocycles. The van der Waals surface area contributed by atoms with Crippen LogP contribution >= 0.6 is 0 Å². The lowest BCUT2D eigenvalue weighted by molar-refractivity contribution is 0.0690. The predicted octanol–water partition coefficient (Wildman–Crippen LogP) is 1.92. The van der Waals surface area contributed by atoms with Crippen molar-refractivity contribution in [3.8, 4) is 0 Å². The van der Waals surface area contributed by atoms with Crippen LogP contribution in [0.5, 0.6) is 0 Å². The zero-order chi connectivity index (χ0) is 12.5. The zero-order valence-electron chi connectivity index (χ0n) is 9.21. The van der Waals surface area contributed by atoms with E-state index in [-0.39, 0.29) is 5.69 Å². The summed E-state index contributed by atoms with van der Waals surface area (Å²) in [6, 6.07) is 5.36. The maximum absolute atomic E-state index is 10.1. The summed E-state index contributed by atoms with van der Waals surface area (Å²) in [7, 11) is 0. The third-order valence-electron chi connectivity index (χ3n) is 1.83. The first-order chi connectivity index (χ1) is 8.24. The van der Waals surface area contributed by atoms with Crippen LogP contribution in [-0.4, -0.2) is 26.0 Å². The van der Waals surface area contributed by atoms with Gasteiger partial charge in [-0.1, -0.05) is 6.08 Å². The molecule has 0 aliphatic rings. The molecule has 0 bridgehead atoms. The van der Waals surface area contributed by atoms with Crippen LogP contribution in [0.3, 0.4) is 0 Å². The molecule has 2 aromatic rings. The van der Waals surface area contributed by atoms with Crippen LogP contribution < -0.4 is 0 Å².